The van der Waals surface area contributed by atoms with Crippen LogP contribution < -0.4 is 5.73 Å². The molecule has 2 N–H and O–H groups in total. The molecule has 0 aromatic heterocycles. The van der Waals surface area contributed by atoms with Crippen LogP contribution in [0.15, 0.2) is 0 Å². The number of hydrogen-bond acceptors (Lipinski definition) is 3. The molecule has 21 heavy (non-hydrogen) atoms. The third kappa shape index (κ3) is 4.96. The van der Waals surface area contributed by atoms with Crippen LogP contribution in [0.4, 0.5) is 0 Å². The van der Waals surface area contributed by atoms with Gasteiger partial charge in [0.2, 0.25) is 5.91 Å². The molecule has 1 saturated heterocycles. The van der Waals surface area contributed by atoms with Gasteiger partial charge < -0.3 is 10.6 Å². The smallest absolute Gasteiger partial charge is 0.222 e. The summed E-state index contributed by atoms with van der Waals surface area (Å²) in [5, 5.41) is 0. The SMILES string of the molecule is CCN1CCCC1CN(C)C(=O)CCC1CCC(N)CC1. The lowest BCUT2D eigenvalue weighted by atomic mass is 9.84. The topological polar surface area (TPSA) is 49.6 Å². The highest BCUT2D eigenvalue weighted by atomic mass is 16.2. The second-order valence-electron chi connectivity index (χ2n) is 7.02. The van der Waals surface area contributed by atoms with Gasteiger partial charge in [-0.05, 0) is 64.0 Å². The second-order valence-corrected chi connectivity index (χ2v) is 7.02. The summed E-state index contributed by atoms with van der Waals surface area (Å²) < 4.78 is 0. The average molecular weight is 295 g/mol. The Hall–Kier alpha value is -0.610. The van der Waals surface area contributed by atoms with E-state index in [1.165, 1.54) is 32.2 Å². The Labute approximate surface area is 130 Å². The number of amides is 1. The molecule has 0 bridgehead atoms. The first-order valence-corrected chi connectivity index (χ1v) is 8.83. The highest BCUT2D eigenvalue weighted by molar-refractivity contribution is 5.75. The number of hydrogen-bond donors (Lipinski definition) is 1. The van der Waals surface area contributed by atoms with Gasteiger partial charge in [-0.1, -0.05) is 6.92 Å². The van der Waals surface area contributed by atoms with E-state index in [2.05, 4.69) is 11.8 Å². The van der Waals surface area contributed by atoms with Crippen molar-refractivity contribution in [3.05, 3.63) is 0 Å². The Morgan fingerprint density at radius 1 is 1.24 bits per heavy atom. The van der Waals surface area contributed by atoms with Crippen molar-refractivity contribution in [2.45, 2.75) is 70.4 Å². The molecule has 0 aromatic carbocycles. The Morgan fingerprint density at radius 3 is 2.62 bits per heavy atom. The monoisotopic (exact) mass is 295 g/mol. The molecular formula is C17H33N3O. The lowest BCUT2D eigenvalue weighted by molar-refractivity contribution is -0.130. The van der Waals surface area contributed by atoms with E-state index < -0.39 is 0 Å². The predicted molar refractivity (Wildman–Crippen MR) is 87.1 cm³/mol. The van der Waals surface area contributed by atoms with Crippen molar-refractivity contribution in [1.29, 1.82) is 0 Å². The van der Waals surface area contributed by atoms with Crippen LogP contribution in [0.25, 0.3) is 0 Å². The van der Waals surface area contributed by atoms with Crippen molar-refractivity contribution in [3.63, 3.8) is 0 Å². The fraction of sp³-hybridized carbons (Fsp3) is 0.941. The van der Waals surface area contributed by atoms with E-state index >= 15 is 0 Å². The van der Waals surface area contributed by atoms with E-state index in [1.807, 2.05) is 11.9 Å². The minimum absolute atomic E-state index is 0.327. The van der Waals surface area contributed by atoms with Gasteiger partial charge in [-0.25, -0.2) is 0 Å². The molecule has 2 fully saturated rings. The van der Waals surface area contributed by atoms with Crippen LogP contribution in [0.2, 0.25) is 0 Å². The molecule has 4 heteroatoms. The molecule has 1 amide bonds. The fourth-order valence-corrected chi connectivity index (χ4v) is 3.93. The van der Waals surface area contributed by atoms with Gasteiger partial charge in [0.05, 0.1) is 0 Å². The minimum Gasteiger partial charge on any atom is -0.344 e. The van der Waals surface area contributed by atoms with Gasteiger partial charge in [-0.15, -0.1) is 0 Å². The molecule has 4 nitrogen and oxygen atoms in total. The number of rotatable bonds is 6. The minimum atomic E-state index is 0.327. The van der Waals surface area contributed by atoms with E-state index in [-0.39, 0.29) is 0 Å². The van der Waals surface area contributed by atoms with Crippen molar-refractivity contribution in [2.24, 2.45) is 11.7 Å². The first-order chi connectivity index (χ1) is 10.1. The Morgan fingerprint density at radius 2 is 1.95 bits per heavy atom. The number of carbonyl (C=O) groups is 1. The zero-order valence-electron chi connectivity index (χ0n) is 13.9. The number of likely N-dealkylation sites (N-methyl/N-ethyl adjacent to an activating group) is 2. The van der Waals surface area contributed by atoms with Crippen molar-refractivity contribution in [3.8, 4) is 0 Å². The van der Waals surface area contributed by atoms with Crippen molar-refractivity contribution < 1.29 is 4.79 Å². The maximum absolute atomic E-state index is 12.3. The van der Waals surface area contributed by atoms with E-state index in [1.54, 1.807) is 0 Å². The number of nitrogens with zero attached hydrogens (tertiary/aromatic N) is 2. The molecule has 2 rings (SSSR count). The van der Waals surface area contributed by atoms with Crippen molar-refractivity contribution in [2.75, 3.05) is 26.7 Å². The van der Waals surface area contributed by atoms with Crippen LogP contribution in [0, 0.1) is 5.92 Å². The summed E-state index contributed by atoms with van der Waals surface area (Å²) in [6, 6.07) is 0.985. The van der Waals surface area contributed by atoms with Gasteiger partial charge in [-0.3, -0.25) is 9.69 Å². The zero-order valence-corrected chi connectivity index (χ0v) is 13.9. The summed E-state index contributed by atoms with van der Waals surface area (Å²) in [6.07, 6.45) is 9.00. The summed E-state index contributed by atoms with van der Waals surface area (Å²) in [5.41, 5.74) is 5.94. The first kappa shape index (κ1) is 16.8. The molecule has 122 valence electrons. The molecule has 1 aliphatic carbocycles. The molecule has 1 heterocycles. The number of carbonyl (C=O) groups excluding carboxylic acids is 1. The third-order valence-electron chi connectivity index (χ3n) is 5.47. The maximum Gasteiger partial charge on any atom is 0.222 e. The largest absolute Gasteiger partial charge is 0.344 e. The molecule has 1 atom stereocenters. The molecule has 2 aliphatic rings. The molecule has 1 unspecified atom stereocenters. The van der Waals surface area contributed by atoms with Gasteiger partial charge in [0.1, 0.15) is 0 Å². The molecule has 1 aliphatic heterocycles. The fourth-order valence-electron chi connectivity index (χ4n) is 3.93. The summed E-state index contributed by atoms with van der Waals surface area (Å²) in [7, 11) is 1.98. The summed E-state index contributed by atoms with van der Waals surface area (Å²) >= 11 is 0. The quantitative estimate of drug-likeness (QED) is 0.817. The van der Waals surface area contributed by atoms with Crippen LogP contribution >= 0.6 is 0 Å². The Kier molecular flexibility index (Phi) is 6.49. The molecule has 0 aromatic rings. The molecule has 0 radical (unpaired) electrons. The lowest BCUT2D eigenvalue weighted by Crippen LogP contribution is -2.41. The normalized spacial score (nSPS) is 30.5. The summed E-state index contributed by atoms with van der Waals surface area (Å²) in [6.45, 7) is 5.43. The van der Waals surface area contributed by atoms with Gasteiger partial charge in [0, 0.05) is 32.1 Å². The van der Waals surface area contributed by atoms with Crippen LogP contribution in [-0.4, -0.2) is 54.5 Å². The van der Waals surface area contributed by atoms with Gasteiger partial charge in [0.15, 0.2) is 0 Å². The number of likely N-dealkylation sites (tertiary alicyclic amines) is 1. The average Bonchev–Trinajstić information content (AvgIpc) is 2.93. The maximum atomic E-state index is 12.3. The predicted octanol–water partition coefficient (Wildman–Crippen LogP) is 2.23. The van der Waals surface area contributed by atoms with E-state index in [0.29, 0.717) is 18.0 Å². The van der Waals surface area contributed by atoms with Crippen LogP contribution in [-0.2, 0) is 4.79 Å². The molecule has 1 saturated carbocycles. The standard InChI is InChI=1S/C17H33N3O/c1-3-20-12-4-5-16(20)13-19(2)17(21)11-8-14-6-9-15(18)10-7-14/h14-16H,3-13,18H2,1-2H3. The van der Waals surface area contributed by atoms with Crippen LogP contribution in [0.3, 0.4) is 0 Å². The highest BCUT2D eigenvalue weighted by Gasteiger charge is 2.26. The van der Waals surface area contributed by atoms with Gasteiger partial charge >= 0.3 is 0 Å². The van der Waals surface area contributed by atoms with Gasteiger partial charge in [-0.2, -0.15) is 0 Å². The van der Waals surface area contributed by atoms with Crippen LogP contribution in [0.1, 0.15) is 58.3 Å². The van der Waals surface area contributed by atoms with Crippen molar-refractivity contribution >= 4 is 5.91 Å². The summed E-state index contributed by atoms with van der Waals surface area (Å²) in [4.78, 5) is 16.8. The summed E-state index contributed by atoms with van der Waals surface area (Å²) in [5.74, 6) is 1.05. The van der Waals surface area contributed by atoms with E-state index in [9.17, 15) is 4.79 Å². The molecular weight excluding hydrogens is 262 g/mol. The van der Waals surface area contributed by atoms with Crippen molar-refractivity contribution in [1.82, 2.24) is 9.80 Å². The molecule has 0 spiro atoms. The van der Waals surface area contributed by atoms with E-state index in [4.69, 9.17) is 5.73 Å². The lowest BCUT2D eigenvalue weighted by Gasteiger charge is -2.29. The number of nitrogens with two attached hydrogens (primary N) is 1. The Bertz CT molecular complexity index is 326. The second kappa shape index (κ2) is 8.14. The highest BCUT2D eigenvalue weighted by Crippen LogP contribution is 2.27. The van der Waals surface area contributed by atoms with Gasteiger partial charge in [0.25, 0.3) is 0 Å². The van der Waals surface area contributed by atoms with E-state index in [0.717, 1.165) is 44.7 Å². The zero-order chi connectivity index (χ0) is 15.2. The third-order valence-corrected chi connectivity index (χ3v) is 5.47. The first-order valence-electron chi connectivity index (χ1n) is 8.83. The van der Waals surface area contributed by atoms with Crippen LogP contribution in [0.5, 0.6) is 0 Å². The Balaban J connectivity index is 1.67.